The Kier molecular flexibility index (Phi) is 5.13. The van der Waals surface area contributed by atoms with E-state index in [2.05, 4.69) is 42.5 Å². The summed E-state index contributed by atoms with van der Waals surface area (Å²) in [5.74, 6) is 0.682. The monoisotopic (exact) mass is 419 g/mol. The minimum Gasteiger partial charge on any atom is -0.366 e. The van der Waals surface area contributed by atoms with Gasteiger partial charge in [-0.3, -0.25) is 0 Å². The van der Waals surface area contributed by atoms with Gasteiger partial charge in [-0.25, -0.2) is 28.8 Å². The van der Waals surface area contributed by atoms with E-state index in [0.717, 1.165) is 48.7 Å². The Morgan fingerprint density at radius 3 is 2.58 bits per heavy atom. The van der Waals surface area contributed by atoms with Crippen molar-refractivity contribution in [1.82, 2.24) is 34.4 Å². The molecule has 1 saturated heterocycles. The molecular weight excluding hydrogens is 397 g/mol. The molecule has 0 radical (unpaired) electrons. The summed E-state index contributed by atoms with van der Waals surface area (Å²) in [5, 5.41) is 11.0. The van der Waals surface area contributed by atoms with Crippen LogP contribution in [0.4, 0.5) is 22.0 Å². The Bertz CT molecular complexity index is 1180. The molecule has 5 heterocycles. The summed E-state index contributed by atoms with van der Waals surface area (Å²) in [4.78, 5) is 19.3. The van der Waals surface area contributed by atoms with Crippen molar-refractivity contribution in [2.24, 2.45) is 0 Å². The van der Waals surface area contributed by atoms with Gasteiger partial charge in [0.05, 0.1) is 11.9 Å². The first-order valence-electron chi connectivity index (χ1n) is 10.2. The summed E-state index contributed by atoms with van der Waals surface area (Å²) in [6.07, 6.45) is 8.72. The van der Waals surface area contributed by atoms with Gasteiger partial charge in [-0.15, -0.1) is 5.10 Å². The second kappa shape index (κ2) is 8.23. The largest absolute Gasteiger partial charge is 0.366 e. The SMILES string of the molecule is CN1CCC(Nc2ccc3ncc(-c4cnc(Nc5ncccc5F)nc4)n3n2)CC1. The average Bonchev–Trinajstić information content (AvgIpc) is 3.21. The van der Waals surface area contributed by atoms with Gasteiger partial charge in [-0.05, 0) is 57.2 Å². The van der Waals surface area contributed by atoms with Gasteiger partial charge in [0.25, 0.3) is 0 Å². The average molecular weight is 419 g/mol. The van der Waals surface area contributed by atoms with Crippen LogP contribution < -0.4 is 10.6 Å². The molecule has 0 spiro atoms. The Morgan fingerprint density at radius 2 is 1.81 bits per heavy atom. The molecule has 0 atom stereocenters. The number of pyridine rings is 1. The number of hydrogen-bond donors (Lipinski definition) is 2. The summed E-state index contributed by atoms with van der Waals surface area (Å²) in [6, 6.07) is 7.15. The van der Waals surface area contributed by atoms with Gasteiger partial charge in [0.1, 0.15) is 5.82 Å². The van der Waals surface area contributed by atoms with Crippen molar-refractivity contribution in [2.75, 3.05) is 30.8 Å². The first-order valence-corrected chi connectivity index (χ1v) is 10.2. The Hall–Kier alpha value is -3.66. The zero-order valence-electron chi connectivity index (χ0n) is 17.0. The van der Waals surface area contributed by atoms with Crippen LogP contribution in [0.5, 0.6) is 0 Å². The molecule has 0 aromatic carbocycles. The molecule has 1 aliphatic rings. The number of nitrogens with one attached hydrogen (secondary N) is 2. The smallest absolute Gasteiger partial charge is 0.228 e. The molecule has 31 heavy (non-hydrogen) atoms. The minimum atomic E-state index is -0.467. The Balaban J connectivity index is 1.36. The fourth-order valence-electron chi connectivity index (χ4n) is 3.62. The maximum atomic E-state index is 13.8. The predicted octanol–water partition coefficient (Wildman–Crippen LogP) is 2.97. The van der Waals surface area contributed by atoms with Gasteiger partial charge in [0.15, 0.2) is 17.3 Å². The topological polar surface area (TPSA) is 96.2 Å². The number of aromatic nitrogens is 6. The number of imidazole rings is 1. The lowest BCUT2D eigenvalue weighted by molar-refractivity contribution is 0.263. The quantitative estimate of drug-likeness (QED) is 0.510. The van der Waals surface area contributed by atoms with Gasteiger partial charge in [-0.1, -0.05) is 0 Å². The highest BCUT2D eigenvalue weighted by molar-refractivity contribution is 5.63. The summed E-state index contributed by atoms with van der Waals surface area (Å²) in [6.45, 7) is 2.16. The number of halogens is 1. The number of hydrogen-bond acceptors (Lipinski definition) is 8. The predicted molar refractivity (Wildman–Crippen MR) is 116 cm³/mol. The van der Waals surface area contributed by atoms with Crippen LogP contribution >= 0.6 is 0 Å². The molecule has 4 aromatic rings. The molecule has 0 unspecified atom stereocenters. The van der Waals surface area contributed by atoms with E-state index >= 15 is 0 Å². The summed E-state index contributed by atoms with van der Waals surface area (Å²) < 4.78 is 15.5. The lowest BCUT2D eigenvalue weighted by Gasteiger charge is -2.29. The highest BCUT2D eigenvalue weighted by Crippen LogP contribution is 2.22. The van der Waals surface area contributed by atoms with Gasteiger partial charge < -0.3 is 15.5 Å². The molecule has 158 valence electrons. The van der Waals surface area contributed by atoms with Crippen molar-refractivity contribution in [1.29, 1.82) is 0 Å². The summed E-state index contributed by atoms with van der Waals surface area (Å²) in [7, 11) is 2.15. The molecule has 1 fully saturated rings. The third-order valence-electron chi connectivity index (χ3n) is 5.37. The van der Waals surface area contributed by atoms with E-state index in [9.17, 15) is 4.39 Å². The number of nitrogens with zero attached hydrogens (tertiary/aromatic N) is 7. The highest BCUT2D eigenvalue weighted by Gasteiger charge is 2.17. The highest BCUT2D eigenvalue weighted by atomic mass is 19.1. The van der Waals surface area contributed by atoms with Gasteiger partial charge in [0.2, 0.25) is 5.95 Å². The second-order valence-electron chi connectivity index (χ2n) is 7.61. The standard InChI is InChI=1S/C21H22FN9/c1-30-9-6-15(7-10-30)27-18-4-5-19-24-13-17(31(19)29-18)14-11-25-21(26-12-14)28-20-16(22)3-2-8-23-20/h2-5,8,11-13,15H,6-7,9-10H2,1H3,(H,27,29)(H,23,25,26,28). The van der Waals surface area contributed by atoms with Crippen LogP contribution in [-0.2, 0) is 0 Å². The lowest BCUT2D eigenvalue weighted by Crippen LogP contribution is -2.36. The van der Waals surface area contributed by atoms with Crippen LogP contribution in [0.1, 0.15) is 12.8 Å². The van der Waals surface area contributed by atoms with Crippen LogP contribution in [0.15, 0.2) is 49.1 Å². The van der Waals surface area contributed by atoms with Crippen LogP contribution in [-0.4, -0.2) is 60.6 Å². The molecule has 2 N–H and O–H groups in total. The summed E-state index contributed by atoms with van der Waals surface area (Å²) >= 11 is 0. The van der Waals surface area contributed by atoms with Gasteiger partial charge in [0, 0.05) is 30.2 Å². The maximum Gasteiger partial charge on any atom is 0.228 e. The number of rotatable bonds is 5. The maximum absolute atomic E-state index is 13.8. The van der Waals surface area contributed by atoms with E-state index in [0.29, 0.717) is 6.04 Å². The van der Waals surface area contributed by atoms with E-state index in [1.807, 2.05) is 12.1 Å². The number of fused-ring (bicyclic) bond motifs is 1. The molecule has 5 rings (SSSR count). The molecule has 0 saturated carbocycles. The third kappa shape index (κ3) is 4.15. The minimum absolute atomic E-state index is 0.0799. The zero-order valence-corrected chi connectivity index (χ0v) is 17.0. The van der Waals surface area contributed by atoms with Crippen molar-refractivity contribution in [2.45, 2.75) is 18.9 Å². The van der Waals surface area contributed by atoms with E-state index in [4.69, 9.17) is 5.10 Å². The van der Waals surface area contributed by atoms with Gasteiger partial charge in [-0.2, -0.15) is 0 Å². The van der Waals surface area contributed by atoms with Crippen molar-refractivity contribution >= 4 is 23.2 Å². The van der Waals surface area contributed by atoms with Crippen molar-refractivity contribution in [3.63, 3.8) is 0 Å². The van der Waals surface area contributed by atoms with Crippen molar-refractivity contribution in [3.8, 4) is 11.3 Å². The molecule has 1 aliphatic heterocycles. The number of likely N-dealkylation sites (tertiary alicyclic amines) is 1. The number of anilines is 3. The fourth-order valence-corrected chi connectivity index (χ4v) is 3.62. The van der Waals surface area contributed by atoms with Crippen molar-refractivity contribution in [3.05, 3.63) is 54.9 Å². The molecule has 0 aliphatic carbocycles. The van der Waals surface area contributed by atoms with E-state index < -0.39 is 5.82 Å². The Labute approximate surface area is 178 Å². The van der Waals surface area contributed by atoms with Gasteiger partial charge >= 0.3 is 0 Å². The molecule has 4 aromatic heterocycles. The van der Waals surface area contributed by atoms with Crippen molar-refractivity contribution < 1.29 is 4.39 Å². The molecular formula is C21H22FN9. The van der Waals surface area contributed by atoms with E-state index in [1.54, 1.807) is 23.1 Å². The molecule has 10 heteroatoms. The van der Waals surface area contributed by atoms with Crippen LogP contribution in [0.25, 0.3) is 16.9 Å². The third-order valence-corrected chi connectivity index (χ3v) is 5.37. The number of piperidine rings is 1. The zero-order chi connectivity index (χ0) is 21.2. The van der Waals surface area contributed by atoms with Crippen LogP contribution in [0, 0.1) is 5.82 Å². The first kappa shape index (κ1) is 19.3. The first-order chi connectivity index (χ1) is 15.2. The second-order valence-corrected chi connectivity index (χ2v) is 7.61. The normalized spacial score (nSPS) is 15.3. The fraction of sp³-hybridized carbons (Fsp3) is 0.286. The molecule has 0 amide bonds. The van der Waals surface area contributed by atoms with E-state index in [1.165, 1.54) is 18.3 Å². The Morgan fingerprint density at radius 1 is 1.00 bits per heavy atom. The van der Waals surface area contributed by atoms with Crippen LogP contribution in [0.3, 0.4) is 0 Å². The summed E-state index contributed by atoms with van der Waals surface area (Å²) in [5.41, 5.74) is 2.27. The van der Waals surface area contributed by atoms with E-state index in [-0.39, 0.29) is 11.8 Å². The van der Waals surface area contributed by atoms with Crippen LogP contribution in [0.2, 0.25) is 0 Å². The molecule has 9 nitrogen and oxygen atoms in total. The lowest BCUT2D eigenvalue weighted by atomic mass is 10.1. The molecule has 0 bridgehead atoms.